The van der Waals surface area contributed by atoms with Crippen molar-refractivity contribution in [1.82, 2.24) is 4.98 Å². The van der Waals surface area contributed by atoms with E-state index in [2.05, 4.69) is 63.6 Å². The number of thiazole rings is 1. The largest absolute Gasteiger partial charge is 0.348 e. The van der Waals surface area contributed by atoms with Gasteiger partial charge < -0.3 is 4.90 Å². The van der Waals surface area contributed by atoms with Crippen LogP contribution in [0.25, 0.3) is 11.3 Å². The van der Waals surface area contributed by atoms with Crippen LogP contribution in [-0.2, 0) is 9.84 Å². The van der Waals surface area contributed by atoms with Crippen molar-refractivity contribution in [3.63, 3.8) is 0 Å². The molecule has 0 unspecified atom stereocenters. The second-order valence-corrected chi connectivity index (χ2v) is 13.9. The number of hydrogen-bond donors (Lipinski definition) is 0. The van der Waals surface area contributed by atoms with Gasteiger partial charge in [-0.15, -0.1) is 11.3 Å². The van der Waals surface area contributed by atoms with Gasteiger partial charge in [-0.05, 0) is 65.5 Å². The lowest BCUT2D eigenvalue weighted by Crippen LogP contribution is -2.39. The molecule has 0 saturated carbocycles. The van der Waals surface area contributed by atoms with Crippen molar-refractivity contribution in [2.75, 3.05) is 18.0 Å². The van der Waals surface area contributed by atoms with E-state index < -0.39 is 26.7 Å². The van der Waals surface area contributed by atoms with Crippen molar-refractivity contribution >= 4 is 26.3 Å². The van der Waals surface area contributed by atoms with Gasteiger partial charge in [0.05, 0.1) is 15.8 Å². The highest BCUT2D eigenvalue weighted by Gasteiger charge is 2.36. The molecule has 0 amide bonds. The summed E-state index contributed by atoms with van der Waals surface area (Å²) in [6.07, 6.45) is 1.03. The molecule has 37 heavy (non-hydrogen) atoms. The number of piperidine rings is 1. The number of benzene rings is 2. The Morgan fingerprint density at radius 2 is 1.49 bits per heavy atom. The molecule has 1 fully saturated rings. The Labute approximate surface area is 223 Å². The maximum absolute atomic E-state index is 14.1. The Balaban J connectivity index is 1.58. The molecule has 2 aromatic carbocycles. The lowest BCUT2D eigenvalue weighted by Gasteiger charge is -2.33. The summed E-state index contributed by atoms with van der Waals surface area (Å²) in [5.74, 6) is -1.26. The summed E-state index contributed by atoms with van der Waals surface area (Å²) in [4.78, 5) is 7.26. The van der Waals surface area contributed by atoms with Crippen LogP contribution in [-0.4, -0.2) is 31.7 Å². The maximum atomic E-state index is 14.1. The first-order chi connectivity index (χ1) is 17.4. The van der Waals surface area contributed by atoms with Crippen LogP contribution in [0.2, 0.25) is 0 Å². The molecule has 0 atom stereocenters. The molecule has 0 bridgehead atoms. The minimum Gasteiger partial charge on any atom is -0.348 e. The highest BCUT2D eigenvalue weighted by molar-refractivity contribution is 7.92. The molecule has 3 aromatic rings. The lowest BCUT2D eigenvalue weighted by atomic mass is 9.89. The predicted molar refractivity (Wildman–Crippen MR) is 149 cm³/mol. The van der Waals surface area contributed by atoms with Crippen LogP contribution >= 0.6 is 11.3 Å². The van der Waals surface area contributed by atoms with E-state index in [0.29, 0.717) is 48.0 Å². The summed E-state index contributed by atoms with van der Waals surface area (Å²) >= 11 is 1.43. The van der Waals surface area contributed by atoms with Crippen molar-refractivity contribution in [1.29, 1.82) is 0 Å². The highest BCUT2D eigenvalue weighted by Crippen LogP contribution is 2.39. The number of rotatable bonds is 7. The first-order valence-corrected chi connectivity index (χ1v) is 15.4. The minimum atomic E-state index is -3.53. The van der Waals surface area contributed by atoms with E-state index in [-0.39, 0.29) is 11.8 Å². The molecule has 2 heterocycles. The summed E-state index contributed by atoms with van der Waals surface area (Å²) in [5, 5.41) is 2.14. The van der Waals surface area contributed by atoms with E-state index >= 15 is 0 Å². The zero-order valence-electron chi connectivity index (χ0n) is 22.4. The molecule has 4 rings (SSSR count). The maximum Gasteiger partial charge on any atom is 0.185 e. The molecule has 0 spiro atoms. The predicted octanol–water partition coefficient (Wildman–Crippen LogP) is 7.90. The fourth-order valence-corrected chi connectivity index (χ4v) is 8.24. The van der Waals surface area contributed by atoms with Crippen molar-refractivity contribution in [2.24, 2.45) is 0 Å². The molecule has 8 heteroatoms. The number of anilines is 1. The average Bonchev–Trinajstić information content (AvgIpc) is 3.35. The van der Waals surface area contributed by atoms with Crippen molar-refractivity contribution in [3.05, 3.63) is 64.0 Å². The van der Waals surface area contributed by atoms with E-state index in [0.717, 1.165) is 28.4 Å². The minimum absolute atomic E-state index is 0.103. The number of aromatic nitrogens is 1. The SMILES string of the molecule is CC(C)c1cc(C(C)C)c(S(=O)(=O)C2CCN(c3nc(-c4ccc(F)c(F)c4)cs3)CC2)c(C(C)C)c1. The van der Waals surface area contributed by atoms with Gasteiger partial charge in [-0.25, -0.2) is 22.2 Å². The summed E-state index contributed by atoms with van der Waals surface area (Å²) in [5.41, 5.74) is 4.14. The first-order valence-electron chi connectivity index (χ1n) is 13.0. The number of hydrogen-bond acceptors (Lipinski definition) is 5. The fourth-order valence-electron chi connectivity index (χ4n) is 4.94. The molecule has 1 saturated heterocycles. The van der Waals surface area contributed by atoms with Crippen LogP contribution < -0.4 is 4.90 Å². The Morgan fingerprint density at radius 1 is 0.892 bits per heavy atom. The molecule has 4 nitrogen and oxygen atoms in total. The van der Waals surface area contributed by atoms with Gasteiger partial charge in [0, 0.05) is 24.0 Å². The Hall–Kier alpha value is -2.32. The van der Waals surface area contributed by atoms with Gasteiger partial charge in [-0.2, -0.15) is 0 Å². The van der Waals surface area contributed by atoms with Crippen molar-refractivity contribution in [2.45, 2.75) is 82.3 Å². The standard InChI is InChI=1S/C29H36F2N2O2S2/c1-17(2)21-13-23(18(3)4)28(24(14-21)19(5)6)37(34,35)22-9-11-33(12-10-22)29-32-27(16-36-29)20-7-8-25(30)26(31)15-20/h7-8,13-19,22H,9-12H2,1-6H3. The highest BCUT2D eigenvalue weighted by atomic mass is 32.2. The molecular formula is C29H36F2N2O2S2. The fraction of sp³-hybridized carbons (Fsp3) is 0.483. The van der Waals surface area contributed by atoms with Gasteiger partial charge in [-0.1, -0.05) is 53.7 Å². The molecule has 0 radical (unpaired) electrons. The third-order valence-electron chi connectivity index (χ3n) is 7.22. The van der Waals surface area contributed by atoms with Gasteiger partial charge in [0.1, 0.15) is 0 Å². The van der Waals surface area contributed by atoms with Gasteiger partial charge >= 0.3 is 0 Å². The van der Waals surface area contributed by atoms with E-state index in [4.69, 9.17) is 0 Å². The zero-order valence-corrected chi connectivity index (χ0v) is 24.0. The van der Waals surface area contributed by atoms with E-state index in [1.54, 1.807) is 0 Å². The number of halogens is 2. The van der Waals surface area contributed by atoms with Gasteiger partial charge in [0.15, 0.2) is 26.6 Å². The van der Waals surface area contributed by atoms with Crippen LogP contribution in [0.5, 0.6) is 0 Å². The van der Waals surface area contributed by atoms with E-state index in [9.17, 15) is 17.2 Å². The van der Waals surface area contributed by atoms with Crippen molar-refractivity contribution in [3.8, 4) is 11.3 Å². The number of nitrogens with zero attached hydrogens (tertiary/aromatic N) is 2. The van der Waals surface area contributed by atoms with Crippen LogP contribution in [0.15, 0.2) is 40.6 Å². The van der Waals surface area contributed by atoms with Crippen LogP contribution in [0.3, 0.4) is 0 Å². The van der Waals surface area contributed by atoms with Gasteiger partial charge in [0.2, 0.25) is 0 Å². The summed E-state index contributed by atoms with van der Waals surface area (Å²) in [6.45, 7) is 13.7. The normalized spacial score (nSPS) is 15.4. The van der Waals surface area contributed by atoms with Crippen LogP contribution in [0.4, 0.5) is 13.9 Å². The van der Waals surface area contributed by atoms with Crippen molar-refractivity contribution < 1.29 is 17.2 Å². The molecule has 1 aromatic heterocycles. The topological polar surface area (TPSA) is 50.3 Å². The average molecular weight is 547 g/mol. The first kappa shape index (κ1) is 27.7. The lowest BCUT2D eigenvalue weighted by molar-refractivity contribution is 0.509. The third-order valence-corrected chi connectivity index (χ3v) is 10.5. The Morgan fingerprint density at radius 3 is 2.00 bits per heavy atom. The van der Waals surface area contributed by atoms with E-state index in [1.807, 2.05) is 5.38 Å². The summed E-state index contributed by atoms with van der Waals surface area (Å²) in [6, 6.07) is 7.96. The molecule has 0 N–H and O–H groups in total. The van der Waals surface area contributed by atoms with Crippen LogP contribution in [0.1, 0.15) is 88.8 Å². The summed E-state index contributed by atoms with van der Waals surface area (Å²) < 4.78 is 55.2. The Bertz CT molecular complexity index is 1340. The van der Waals surface area contributed by atoms with Gasteiger partial charge in [-0.3, -0.25) is 0 Å². The molecule has 200 valence electrons. The second-order valence-electron chi connectivity index (χ2n) is 10.9. The zero-order chi connectivity index (χ0) is 27.1. The second kappa shape index (κ2) is 10.8. The molecule has 1 aliphatic heterocycles. The molecule has 0 aliphatic carbocycles. The monoisotopic (exact) mass is 546 g/mol. The van der Waals surface area contributed by atoms with Gasteiger partial charge in [0.25, 0.3) is 0 Å². The quantitative estimate of drug-likeness (QED) is 0.302. The molecule has 1 aliphatic rings. The van der Waals surface area contributed by atoms with E-state index in [1.165, 1.54) is 23.0 Å². The smallest absolute Gasteiger partial charge is 0.185 e. The Kier molecular flexibility index (Phi) is 8.10. The molecular weight excluding hydrogens is 510 g/mol. The third kappa shape index (κ3) is 5.60. The van der Waals surface area contributed by atoms with Crippen LogP contribution in [0, 0.1) is 11.6 Å². The number of sulfone groups is 1. The summed E-state index contributed by atoms with van der Waals surface area (Å²) in [7, 11) is -3.53.